The van der Waals surface area contributed by atoms with Crippen molar-refractivity contribution in [3.05, 3.63) is 64.6 Å². The predicted molar refractivity (Wildman–Crippen MR) is 99.1 cm³/mol. The van der Waals surface area contributed by atoms with Crippen molar-refractivity contribution in [2.24, 2.45) is 0 Å². The number of halogens is 1. The van der Waals surface area contributed by atoms with Crippen molar-refractivity contribution in [2.45, 2.75) is 0 Å². The fourth-order valence-corrected chi connectivity index (χ4v) is 2.82. The Morgan fingerprint density at radius 3 is 2.21 bits per heavy atom. The maximum atomic E-state index is 12.5. The van der Waals surface area contributed by atoms with Gasteiger partial charge in [-0.25, -0.2) is 0 Å². The quantitative estimate of drug-likeness (QED) is 0.696. The lowest BCUT2D eigenvalue weighted by atomic mass is 10.1. The van der Waals surface area contributed by atoms with E-state index < -0.39 is 0 Å². The summed E-state index contributed by atoms with van der Waals surface area (Å²) in [5.41, 5.74) is 1.20. The third kappa shape index (κ3) is 3.51. The Morgan fingerprint density at radius 2 is 1.54 bits per heavy atom. The lowest BCUT2D eigenvalue weighted by Crippen LogP contribution is -2.12. The van der Waals surface area contributed by atoms with Gasteiger partial charge in [0.25, 0.3) is 5.91 Å². The molecule has 3 aromatic carbocycles. The van der Waals surface area contributed by atoms with Crippen LogP contribution in [0.5, 0.6) is 11.5 Å². The van der Waals surface area contributed by atoms with Gasteiger partial charge in [0.05, 0.1) is 14.2 Å². The Kier molecular flexibility index (Phi) is 4.71. The Labute approximate surface area is 148 Å². The van der Waals surface area contributed by atoms with Gasteiger partial charge in [0.2, 0.25) is 0 Å². The van der Waals surface area contributed by atoms with E-state index in [1.807, 2.05) is 36.4 Å². The van der Waals surface area contributed by atoms with E-state index in [4.69, 9.17) is 9.47 Å². The SMILES string of the molecule is COc1cc(OC)cc(C(=O)Nc2ccc3ccc(Br)cc3c2)c1. The Hall–Kier alpha value is -2.53. The monoisotopic (exact) mass is 385 g/mol. The number of carbonyl (C=O) groups is 1. The third-order valence-electron chi connectivity index (χ3n) is 3.67. The molecule has 0 aliphatic rings. The van der Waals surface area contributed by atoms with Crippen LogP contribution in [0.15, 0.2) is 59.1 Å². The van der Waals surface area contributed by atoms with E-state index in [1.165, 1.54) is 0 Å². The molecule has 24 heavy (non-hydrogen) atoms. The molecule has 0 bridgehead atoms. The maximum absolute atomic E-state index is 12.5. The summed E-state index contributed by atoms with van der Waals surface area (Å²) < 4.78 is 11.4. The number of hydrogen-bond donors (Lipinski definition) is 1. The zero-order chi connectivity index (χ0) is 17.1. The van der Waals surface area contributed by atoms with Gasteiger partial charge < -0.3 is 14.8 Å². The summed E-state index contributed by atoms with van der Waals surface area (Å²) >= 11 is 3.46. The second kappa shape index (κ2) is 6.93. The standard InChI is InChI=1S/C19H16BrNO3/c1-23-17-9-14(10-18(11-17)24-2)19(22)21-16-6-4-12-3-5-15(20)7-13(12)8-16/h3-11H,1-2H3,(H,21,22). The fourth-order valence-electron chi connectivity index (χ4n) is 2.44. The van der Waals surface area contributed by atoms with Crippen LogP contribution in [0.2, 0.25) is 0 Å². The van der Waals surface area contributed by atoms with Crippen molar-refractivity contribution < 1.29 is 14.3 Å². The smallest absolute Gasteiger partial charge is 0.255 e. The summed E-state index contributed by atoms with van der Waals surface area (Å²) in [6.07, 6.45) is 0. The molecule has 0 aliphatic carbocycles. The van der Waals surface area contributed by atoms with Crippen molar-refractivity contribution in [2.75, 3.05) is 19.5 Å². The van der Waals surface area contributed by atoms with E-state index in [0.717, 1.165) is 20.9 Å². The summed E-state index contributed by atoms with van der Waals surface area (Å²) in [5.74, 6) is 0.922. The lowest BCUT2D eigenvalue weighted by molar-refractivity contribution is 0.102. The van der Waals surface area contributed by atoms with Crippen LogP contribution in [-0.4, -0.2) is 20.1 Å². The molecule has 0 spiro atoms. The number of methoxy groups -OCH3 is 2. The van der Waals surface area contributed by atoms with Crippen molar-refractivity contribution in [1.82, 2.24) is 0 Å². The first-order valence-corrected chi connectivity index (χ1v) is 8.12. The van der Waals surface area contributed by atoms with E-state index in [2.05, 4.69) is 21.2 Å². The summed E-state index contributed by atoms with van der Waals surface area (Å²) in [5, 5.41) is 5.06. The molecule has 0 saturated carbocycles. The van der Waals surface area contributed by atoms with Gasteiger partial charge in [0.15, 0.2) is 0 Å². The van der Waals surface area contributed by atoms with Gasteiger partial charge in [-0.2, -0.15) is 0 Å². The molecule has 0 atom stereocenters. The zero-order valence-electron chi connectivity index (χ0n) is 13.3. The molecule has 1 N–H and O–H groups in total. The summed E-state index contributed by atoms with van der Waals surface area (Å²) in [7, 11) is 3.11. The molecule has 0 fully saturated rings. The van der Waals surface area contributed by atoms with Crippen LogP contribution < -0.4 is 14.8 Å². The first kappa shape index (κ1) is 16.3. The predicted octanol–water partition coefficient (Wildman–Crippen LogP) is 4.87. The van der Waals surface area contributed by atoms with Gasteiger partial charge in [-0.15, -0.1) is 0 Å². The molecular weight excluding hydrogens is 370 g/mol. The molecule has 0 aromatic heterocycles. The topological polar surface area (TPSA) is 47.6 Å². The minimum absolute atomic E-state index is 0.221. The summed E-state index contributed by atoms with van der Waals surface area (Å²) in [6.45, 7) is 0. The van der Waals surface area contributed by atoms with Crippen LogP contribution in [0, 0.1) is 0 Å². The van der Waals surface area contributed by atoms with E-state index in [-0.39, 0.29) is 5.91 Å². The Balaban J connectivity index is 1.89. The van der Waals surface area contributed by atoms with E-state index in [1.54, 1.807) is 32.4 Å². The second-order valence-electron chi connectivity index (χ2n) is 5.26. The third-order valence-corrected chi connectivity index (χ3v) is 4.17. The average molecular weight is 386 g/mol. The number of rotatable bonds is 4. The molecule has 4 nitrogen and oxygen atoms in total. The molecular formula is C19H16BrNO3. The van der Waals surface area contributed by atoms with Crippen LogP contribution in [0.25, 0.3) is 10.8 Å². The van der Waals surface area contributed by atoms with Crippen molar-refractivity contribution >= 4 is 38.3 Å². The number of anilines is 1. The minimum atomic E-state index is -0.221. The molecule has 0 heterocycles. The van der Waals surface area contributed by atoms with E-state index in [0.29, 0.717) is 17.1 Å². The highest BCUT2D eigenvalue weighted by Gasteiger charge is 2.10. The van der Waals surface area contributed by atoms with E-state index >= 15 is 0 Å². The molecule has 0 radical (unpaired) electrons. The Morgan fingerprint density at radius 1 is 0.875 bits per heavy atom. The van der Waals surface area contributed by atoms with Crippen molar-refractivity contribution in [3.63, 3.8) is 0 Å². The van der Waals surface area contributed by atoms with Crippen LogP contribution in [0.4, 0.5) is 5.69 Å². The molecule has 122 valence electrons. The molecule has 1 amide bonds. The van der Waals surface area contributed by atoms with Crippen molar-refractivity contribution in [1.29, 1.82) is 0 Å². The number of carbonyl (C=O) groups excluding carboxylic acids is 1. The first-order valence-electron chi connectivity index (χ1n) is 7.33. The normalized spacial score (nSPS) is 10.5. The van der Waals surface area contributed by atoms with Crippen LogP contribution in [-0.2, 0) is 0 Å². The minimum Gasteiger partial charge on any atom is -0.497 e. The molecule has 3 rings (SSSR count). The molecule has 0 aliphatic heterocycles. The molecule has 0 saturated heterocycles. The Bertz CT molecular complexity index is 886. The number of ether oxygens (including phenoxy) is 2. The number of amides is 1. The molecule has 3 aromatic rings. The number of hydrogen-bond acceptors (Lipinski definition) is 3. The highest BCUT2D eigenvalue weighted by atomic mass is 79.9. The average Bonchev–Trinajstić information content (AvgIpc) is 2.60. The maximum Gasteiger partial charge on any atom is 0.255 e. The molecule has 5 heteroatoms. The van der Waals surface area contributed by atoms with Crippen LogP contribution in [0.3, 0.4) is 0 Å². The van der Waals surface area contributed by atoms with Crippen LogP contribution >= 0.6 is 15.9 Å². The van der Waals surface area contributed by atoms with Gasteiger partial charge in [-0.1, -0.05) is 28.1 Å². The lowest BCUT2D eigenvalue weighted by Gasteiger charge is -2.10. The van der Waals surface area contributed by atoms with Gasteiger partial charge in [0.1, 0.15) is 11.5 Å². The fraction of sp³-hybridized carbons (Fsp3) is 0.105. The van der Waals surface area contributed by atoms with E-state index in [9.17, 15) is 4.79 Å². The molecule has 0 unspecified atom stereocenters. The highest BCUT2D eigenvalue weighted by Crippen LogP contribution is 2.25. The van der Waals surface area contributed by atoms with Gasteiger partial charge in [0, 0.05) is 21.8 Å². The highest BCUT2D eigenvalue weighted by molar-refractivity contribution is 9.10. The van der Waals surface area contributed by atoms with Gasteiger partial charge >= 0.3 is 0 Å². The largest absolute Gasteiger partial charge is 0.497 e. The number of nitrogens with one attached hydrogen (secondary N) is 1. The summed E-state index contributed by atoms with van der Waals surface area (Å²) in [4.78, 5) is 12.5. The second-order valence-corrected chi connectivity index (χ2v) is 6.18. The van der Waals surface area contributed by atoms with Crippen molar-refractivity contribution in [3.8, 4) is 11.5 Å². The number of fused-ring (bicyclic) bond motifs is 1. The zero-order valence-corrected chi connectivity index (χ0v) is 14.9. The van der Waals surface area contributed by atoms with Gasteiger partial charge in [-0.3, -0.25) is 4.79 Å². The number of benzene rings is 3. The van der Waals surface area contributed by atoms with Gasteiger partial charge in [-0.05, 0) is 47.2 Å². The van der Waals surface area contributed by atoms with Crippen LogP contribution in [0.1, 0.15) is 10.4 Å². The first-order chi connectivity index (χ1) is 11.6. The summed E-state index contributed by atoms with van der Waals surface area (Å²) in [6, 6.07) is 16.9.